The first kappa shape index (κ1) is 11.8. The summed E-state index contributed by atoms with van der Waals surface area (Å²) in [5, 5.41) is 12.1. The minimum Gasteiger partial charge on any atom is -0.378 e. The van der Waals surface area contributed by atoms with E-state index in [4.69, 9.17) is 0 Å². The van der Waals surface area contributed by atoms with Gasteiger partial charge in [-0.3, -0.25) is 4.79 Å². The SMILES string of the molecule is O=C1Nc2cc(N3CCSCC3)c(F)cc2C1O. The monoisotopic (exact) mass is 268 g/mol. The number of aliphatic hydroxyl groups is 1. The van der Waals surface area contributed by atoms with Crippen LogP contribution < -0.4 is 10.2 Å². The van der Waals surface area contributed by atoms with E-state index in [0.29, 0.717) is 16.9 Å². The third-order valence-corrected chi connectivity index (χ3v) is 4.21. The van der Waals surface area contributed by atoms with Crippen molar-refractivity contribution in [3.8, 4) is 0 Å². The van der Waals surface area contributed by atoms with E-state index in [1.807, 2.05) is 16.7 Å². The smallest absolute Gasteiger partial charge is 0.257 e. The minimum atomic E-state index is -1.25. The molecule has 0 saturated carbocycles. The summed E-state index contributed by atoms with van der Waals surface area (Å²) in [6.07, 6.45) is -1.25. The maximum absolute atomic E-state index is 14.0. The Morgan fingerprint density at radius 2 is 2.11 bits per heavy atom. The zero-order valence-corrected chi connectivity index (χ0v) is 10.5. The van der Waals surface area contributed by atoms with Gasteiger partial charge in [0.15, 0.2) is 6.10 Å². The summed E-state index contributed by atoms with van der Waals surface area (Å²) < 4.78 is 14.0. The normalized spacial score (nSPS) is 22.9. The number of nitrogens with zero attached hydrogens (tertiary/aromatic N) is 1. The van der Waals surface area contributed by atoms with E-state index in [2.05, 4.69) is 5.32 Å². The molecule has 1 aromatic rings. The number of rotatable bonds is 1. The molecule has 4 nitrogen and oxygen atoms in total. The number of aliphatic hydroxyl groups excluding tert-OH is 1. The molecule has 0 radical (unpaired) electrons. The van der Waals surface area contributed by atoms with E-state index < -0.39 is 12.0 Å². The lowest BCUT2D eigenvalue weighted by atomic mass is 10.1. The predicted octanol–water partition coefficient (Wildman–Crippen LogP) is 1.36. The second-order valence-corrected chi connectivity index (χ2v) is 5.61. The highest BCUT2D eigenvalue weighted by molar-refractivity contribution is 7.99. The number of fused-ring (bicyclic) bond motifs is 1. The Kier molecular flexibility index (Phi) is 2.91. The lowest BCUT2D eigenvalue weighted by molar-refractivity contribution is -0.123. The van der Waals surface area contributed by atoms with Gasteiger partial charge in [0.1, 0.15) is 5.82 Å². The summed E-state index contributed by atoms with van der Waals surface area (Å²) in [5.74, 6) is 1.09. The number of carbonyl (C=O) groups is 1. The van der Waals surface area contributed by atoms with Crippen LogP contribution in [0.5, 0.6) is 0 Å². The summed E-state index contributed by atoms with van der Waals surface area (Å²) in [6.45, 7) is 1.60. The van der Waals surface area contributed by atoms with Crippen LogP contribution in [-0.4, -0.2) is 35.6 Å². The van der Waals surface area contributed by atoms with Gasteiger partial charge in [0, 0.05) is 35.8 Å². The van der Waals surface area contributed by atoms with Gasteiger partial charge in [-0.05, 0) is 12.1 Å². The Morgan fingerprint density at radius 1 is 1.39 bits per heavy atom. The van der Waals surface area contributed by atoms with Crippen LogP contribution in [0.2, 0.25) is 0 Å². The molecule has 1 atom stereocenters. The molecule has 1 amide bonds. The van der Waals surface area contributed by atoms with Gasteiger partial charge in [-0.1, -0.05) is 0 Å². The van der Waals surface area contributed by atoms with E-state index in [1.54, 1.807) is 6.07 Å². The van der Waals surface area contributed by atoms with Crippen molar-refractivity contribution in [3.63, 3.8) is 0 Å². The van der Waals surface area contributed by atoms with E-state index in [9.17, 15) is 14.3 Å². The van der Waals surface area contributed by atoms with Crippen LogP contribution in [0, 0.1) is 5.82 Å². The second-order valence-electron chi connectivity index (χ2n) is 4.38. The summed E-state index contributed by atoms with van der Waals surface area (Å²) in [4.78, 5) is 13.3. The van der Waals surface area contributed by atoms with Crippen LogP contribution in [0.4, 0.5) is 15.8 Å². The van der Waals surface area contributed by atoms with Gasteiger partial charge < -0.3 is 15.3 Å². The third kappa shape index (κ3) is 1.85. The van der Waals surface area contributed by atoms with Crippen LogP contribution in [0.3, 0.4) is 0 Å². The molecular weight excluding hydrogens is 255 g/mol. The molecule has 6 heteroatoms. The van der Waals surface area contributed by atoms with Crippen molar-refractivity contribution in [2.24, 2.45) is 0 Å². The summed E-state index contributed by atoms with van der Waals surface area (Å²) in [5.41, 5.74) is 1.35. The number of nitrogens with one attached hydrogen (secondary N) is 1. The molecule has 3 rings (SSSR count). The number of thioether (sulfide) groups is 1. The van der Waals surface area contributed by atoms with Crippen molar-refractivity contribution in [2.45, 2.75) is 6.10 Å². The summed E-state index contributed by atoms with van der Waals surface area (Å²) >= 11 is 1.85. The van der Waals surface area contributed by atoms with Crippen LogP contribution in [0.15, 0.2) is 12.1 Å². The van der Waals surface area contributed by atoms with Gasteiger partial charge in [0.25, 0.3) is 5.91 Å². The predicted molar refractivity (Wildman–Crippen MR) is 69.5 cm³/mol. The molecule has 2 aliphatic heterocycles. The Morgan fingerprint density at radius 3 is 2.83 bits per heavy atom. The first-order valence-electron chi connectivity index (χ1n) is 5.82. The molecule has 0 aromatic heterocycles. The van der Waals surface area contributed by atoms with Gasteiger partial charge in [-0.2, -0.15) is 11.8 Å². The van der Waals surface area contributed by atoms with E-state index >= 15 is 0 Å². The topological polar surface area (TPSA) is 52.6 Å². The Bertz CT molecular complexity index is 503. The minimum absolute atomic E-state index is 0.327. The standard InChI is InChI=1S/C12H13FN2O2S/c13-8-5-7-9(14-12(17)11(7)16)6-10(8)15-1-3-18-4-2-15/h5-6,11,16H,1-4H2,(H,14,17). The number of halogens is 1. The van der Waals surface area contributed by atoms with Gasteiger partial charge >= 0.3 is 0 Å². The highest BCUT2D eigenvalue weighted by atomic mass is 32.2. The van der Waals surface area contributed by atoms with E-state index in [1.165, 1.54) is 6.07 Å². The molecule has 1 saturated heterocycles. The van der Waals surface area contributed by atoms with Crippen molar-refractivity contribution in [2.75, 3.05) is 34.8 Å². The van der Waals surface area contributed by atoms with Crippen LogP contribution >= 0.6 is 11.8 Å². The summed E-state index contributed by atoms with van der Waals surface area (Å²) in [7, 11) is 0. The van der Waals surface area contributed by atoms with Crippen molar-refractivity contribution in [3.05, 3.63) is 23.5 Å². The van der Waals surface area contributed by atoms with Gasteiger partial charge in [-0.25, -0.2) is 4.39 Å². The molecule has 18 heavy (non-hydrogen) atoms. The van der Waals surface area contributed by atoms with E-state index in [-0.39, 0.29) is 5.82 Å². The van der Waals surface area contributed by atoms with Crippen molar-refractivity contribution in [1.82, 2.24) is 0 Å². The molecule has 0 spiro atoms. The molecule has 2 aliphatic rings. The molecule has 0 bridgehead atoms. The first-order valence-corrected chi connectivity index (χ1v) is 6.97. The number of amides is 1. The van der Waals surface area contributed by atoms with Crippen molar-refractivity contribution >= 4 is 29.0 Å². The van der Waals surface area contributed by atoms with Gasteiger partial charge in [0.05, 0.1) is 5.69 Å². The molecule has 2 N–H and O–H groups in total. The largest absolute Gasteiger partial charge is 0.378 e. The molecule has 96 valence electrons. The fourth-order valence-corrected chi connectivity index (χ4v) is 3.20. The number of benzene rings is 1. The Balaban J connectivity index is 1.97. The zero-order valence-electron chi connectivity index (χ0n) is 9.65. The van der Waals surface area contributed by atoms with Crippen LogP contribution in [0.1, 0.15) is 11.7 Å². The molecule has 0 aliphatic carbocycles. The fourth-order valence-electron chi connectivity index (χ4n) is 2.30. The first-order chi connectivity index (χ1) is 8.66. The maximum atomic E-state index is 14.0. The number of hydrogen-bond acceptors (Lipinski definition) is 4. The van der Waals surface area contributed by atoms with Gasteiger partial charge in [-0.15, -0.1) is 0 Å². The second kappa shape index (κ2) is 4.44. The molecule has 1 unspecified atom stereocenters. The number of anilines is 2. The Labute approximate surface area is 108 Å². The zero-order chi connectivity index (χ0) is 12.7. The maximum Gasteiger partial charge on any atom is 0.257 e. The molecular formula is C12H13FN2O2S. The quantitative estimate of drug-likeness (QED) is 0.807. The highest BCUT2D eigenvalue weighted by Crippen LogP contribution is 2.36. The average molecular weight is 268 g/mol. The lowest BCUT2D eigenvalue weighted by Crippen LogP contribution is -2.33. The van der Waals surface area contributed by atoms with Crippen LogP contribution in [0.25, 0.3) is 0 Å². The van der Waals surface area contributed by atoms with Crippen molar-refractivity contribution < 1.29 is 14.3 Å². The Hall–Kier alpha value is -1.27. The van der Waals surface area contributed by atoms with Crippen molar-refractivity contribution in [1.29, 1.82) is 0 Å². The third-order valence-electron chi connectivity index (χ3n) is 3.27. The lowest BCUT2D eigenvalue weighted by Gasteiger charge is -2.29. The fraction of sp³-hybridized carbons (Fsp3) is 0.417. The molecule has 2 heterocycles. The molecule has 1 fully saturated rings. The van der Waals surface area contributed by atoms with E-state index in [0.717, 1.165) is 24.6 Å². The number of carbonyl (C=O) groups excluding carboxylic acids is 1. The van der Waals surface area contributed by atoms with Gasteiger partial charge in [0.2, 0.25) is 0 Å². The average Bonchev–Trinajstić information content (AvgIpc) is 2.66. The highest BCUT2D eigenvalue weighted by Gasteiger charge is 2.30. The molecule has 1 aromatic carbocycles. The van der Waals surface area contributed by atoms with Crippen LogP contribution in [-0.2, 0) is 4.79 Å². The number of hydrogen-bond donors (Lipinski definition) is 2. The summed E-state index contributed by atoms with van der Waals surface area (Å²) in [6, 6.07) is 2.88.